The minimum absolute atomic E-state index is 0.0277. The average Bonchev–Trinajstić information content (AvgIpc) is 2.62. The molecule has 1 atom stereocenters. The fraction of sp³-hybridized carbons (Fsp3) is 0.350. The second-order valence-corrected chi connectivity index (χ2v) is 7.95. The lowest BCUT2D eigenvalue weighted by atomic mass is 9.96. The van der Waals surface area contributed by atoms with Crippen molar-refractivity contribution in [3.05, 3.63) is 62.6 Å². The second-order valence-electron chi connectivity index (χ2n) is 6.73. The fourth-order valence-corrected chi connectivity index (χ4v) is 3.93. The van der Waals surface area contributed by atoms with E-state index < -0.39 is 0 Å². The minimum atomic E-state index is -0.0647. The molecule has 1 N–H and O–H groups in total. The van der Waals surface area contributed by atoms with Crippen LogP contribution in [0.4, 0.5) is 5.69 Å². The van der Waals surface area contributed by atoms with Crippen LogP contribution >= 0.6 is 34.8 Å². The van der Waals surface area contributed by atoms with E-state index in [9.17, 15) is 4.79 Å². The highest BCUT2D eigenvalue weighted by Gasteiger charge is 2.26. The molecule has 3 rings (SSSR count). The number of aryl methyl sites for hydroxylation is 1. The summed E-state index contributed by atoms with van der Waals surface area (Å²) in [5.41, 5.74) is 2.64. The predicted molar refractivity (Wildman–Crippen MR) is 109 cm³/mol. The van der Waals surface area contributed by atoms with Gasteiger partial charge in [-0.25, -0.2) is 0 Å². The number of hydrogen-bond donors (Lipinski definition) is 1. The highest BCUT2D eigenvalue weighted by Crippen LogP contribution is 2.28. The summed E-state index contributed by atoms with van der Waals surface area (Å²) in [6.45, 7) is 4.21. The third kappa shape index (κ3) is 4.72. The Morgan fingerprint density at radius 3 is 2.58 bits per heavy atom. The highest BCUT2D eigenvalue weighted by molar-refractivity contribution is 6.36. The van der Waals surface area contributed by atoms with Gasteiger partial charge in [0.2, 0.25) is 5.91 Å². The van der Waals surface area contributed by atoms with E-state index in [1.54, 1.807) is 6.07 Å². The summed E-state index contributed by atoms with van der Waals surface area (Å²) in [6, 6.07) is 11.1. The van der Waals surface area contributed by atoms with E-state index in [1.165, 1.54) is 0 Å². The molecule has 1 aliphatic rings. The number of nitrogens with one attached hydrogen (secondary N) is 1. The lowest BCUT2D eigenvalue weighted by molar-refractivity contribution is -0.121. The van der Waals surface area contributed by atoms with Gasteiger partial charge in [-0.3, -0.25) is 9.69 Å². The van der Waals surface area contributed by atoms with Crippen molar-refractivity contribution >= 4 is 46.4 Å². The van der Waals surface area contributed by atoms with Gasteiger partial charge in [0.05, 0.1) is 5.92 Å². The van der Waals surface area contributed by atoms with E-state index >= 15 is 0 Å². The SMILES string of the molecule is Cc1ccc(NC(=O)[C@@H]2CCCN(Cc3c(Cl)cccc3Cl)C2)cc1Cl. The number of amides is 1. The number of rotatable bonds is 4. The van der Waals surface area contributed by atoms with Crippen molar-refractivity contribution in [2.24, 2.45) is 5.92 Å². The quantitative estimate of drug-likeness (QED) is 0.689. The van der Waals surface area contributed by atoms with Gasteiger partial charge in [-0.15, -0.1) is 0 Å². The number of halogens is 3. The molecule has 138 valence electrons. The Kier molecular flexibility index (Phi) is 6.46. The summed E-state index contributed by atoms with van der Waals surface area (Å²) in [7, 11) is 0. The second kappa shape index (κ2) is 8.62. The number of anilines is 1. The molecule has 0 unspecified atom stereocenters. The van der Waals surface area contributed by atoms with Crippen molar-refractivity contribution in [3.8, 4) is 0 Å². The Bertz CT molecular complexity index is 789. The Labute approximate surface area is 169 Å². The molecule has 6 heteroatoms. The first-order valence-electron chi connectivity index (χ1n) is 8.66. The summed E-state index contributed by atoms with van der Waals surface area (Å²) in [6.07, 6.45) is 1.84. The Hall–Kier alpha value is -1.26. The minimum Gasteiger partial charge on any atom is -0.326 e. The summed E-state index contributed by atoms with van der Waals surface area (Å²) in [5, 5.41) is 4.97. The normalized spacial score (nSPS) is 17.9. The lowest BCUT2D eigenvalue weighted by Crippen LogP contribution is -2.40. The van der Waals surface area contributed by atoms with Gasteiger partial charge in [-0.05, 0) is 56.1 Å². The largest absolute Gasteiger partial charge is 0.326 e. The molecule has 26 heavy (non-hydrogen) atoms. The molecule has 0 aliphatic carbocycles. The van der Waals surface area contributed by atoms with E-state index in [-0.39, 0.29) is 11.8 Å². The van der Waals surface area contributed by atoms with Gasteiger partial charge in [0.25, 0.3) is 0 Å². The fourth-order valence-electron chi connectivity index (χ4n) is 3.24. The highest BCUT2D eigenvalue weighted by atomic mass is 35.5. The Morgan fingerprint density at radius 2 is 1.88 bits per heavy atom. The van der Waals surface area contributed by atoms with E-state index in [0.717, 1.165) is 36.2 Å². The van der Waals surface area contributed by atoms with Crippen LogP contribution in [0.2, 0.25) is 15.1 Å². The summed E-state index contributed by atoms with van der Waals surface area (Å²) >= 11 is 18.7. The molecular formula is C20H21Cl3N2O. The number of benzene rings is 2. The number of carbonyl (C=O) groups is 1. The number of likely N-dealkylation sites (tertiary alicyclic amines) is 1. The van der Waals surface area contributed by atoms with Crippen molar-refractivity contribution in [1.29, 1.82) is 0 Å². The van der Waals surface area contributed by atoms with Gasteiger partial charge in [0.15, 0.2) is 0 Å². The van der Waals surface area contributed by atoms with Crippen molar-refractivity contribution in [2.75, 3.05) is 18.4 Å². The Morgan fingerprint density at radius 1 is 1.15 bits per heavy atom. The van der Waals surface area contributed by atoms with Gasteiger partial charge < -0.3 is 5.32 Å². The van der Waals surface area contributed by atoms with E-state index in [4.69, 9.17) is 34.8 Å². The van der Waals surface area contributed by atoms with Crippen molar-refractivity contribution in [3.63, 3.8) is 0 Å². The molecule has 0 spiro atoms. The van der Waals surface area contributed by atoms with Gasteiger partial charge in [-0.2, -0.15) is 0 Å². The number of nitrogens with zero attached hydrogens (tertiary/aromatic N) is 1. The van der Waals surface area contributed by atoms with Crippen LogP contribution in [-0.4, -0.2) is 23.9 Å². The van der Waals surface area contributed by atoms with E-state index in [1.807, 2.05) is 37.3 Å². The maximum Gasteiger partial charge on any atom is 0.228 e. The molecule has 1 heterocycles. The molecule has 0 saturated carbocycles. The first kappa shape index (κ1) is 19.5. The van der Waals surface area contributed by atoms with Crippen LogP contribution < -0.4 is 5.32 Å². The van der Waals surface area contributed by atoms with Gasteiger partial charge in [0, 0.05) is 39.4 Å². The zero-order chi connectivity index (χ0) is 18.7. The van der Waals surface area contributed by atoms with Gasteiger partial charge >= 0.3 is 0 Å². The summed E-state index contributed by atoms with van der Waals surface area (Å²) < 4.78 is 0. The number of carbonyl (C=O) groups excluding carboxylic acids is 1. The average molecular weight is 412 g/mol. The molecule has 0 aromatic heterocycles. The van der Waals surface area contributed by atoms with Crippen molar-refractivity contribution < 1.29 is 4.79 Å². The molecule has 1 fully saturated rings. The molecule has 1 amide bonds. The van der Waals surface area contributed by atoms with Crippen LogP contribution in [0.5, 0.6) is 0 Å². The molecular weight excluding hydrogens is 391 g/mol. The van der Waals surface area contributed by atoms with Crippen LogP contribution in [0.15, 0.2) is 36.4 Å². The smallest absolute Gasteiger partial charge is 0.228 e. The van der Waals surface area contributed by atoms with Gasteiger partial charge in [0.1, 0.15) is 0 Å². The van der Waals surface area contributed by atoms with E-state index in [0.29, 0.717) is 28.2 Å². The van der Waals surface area contributed by atoms with Crippen LogP contribution in [-0.2, 0) is 11.3 Å². The first-order valence-corrected chi connectivity index (χ1v) is 9.79. The monoisotopic (exact) mass is 410 g/mol. The van der Waals surface area contributed by atoms with Crippen molar-refractivity contribution in [2.45, 2.75) is 26.3 Å². The topological polar surface area (TPSA) is 32.3 Å². The molecule has 1 aliphatic heterocycles. The molecule has 3 nitrogen and oxygen atoms in total. The van der Waals surface area contributed by atoms with Crippen LogP contribution in [0.1, 0.15) is 24.0 Å². The third-order valence-corrected chi connectivity index (χ3v) is 5.87. The van der Waals surface area contributed by atoms with Gasteiger partial charge in [-0.1, -0.05) is 46.9 Å². The summed E-state index contributed by atoms with van der Waals surface area (Å²) in [4.78, 5) is 14.9. The molecule has 0 radical (unpaired) electrons. The number of piperidine rings is 1. The van der Waals surface area contributed by atoms with E-state index in [2.05, 4.69) is 10.2 Å². The van der Waals surface area contributed by atoms with Crippen LogP contribution in [0, 0.1) is 12.8 Å². The lowest BCUT2D eigenvalue weighted by Gasteiger charge is -2.32. The molecule has 1 saturated heterocycles. The predicted octanol–water partition coefficient (Wildman–Crippen LogP) is 5.81. The van der Waals surface area contributed by atoms with Crippen LogP contribution in [0.3, 0.4) is 0 Å². The number of hydrogen-bond acceptors (Lipinski definition) is 2. The van der Waals surface area contributed by atoms with Crippen molar-refractivity contribution in [1.82, 2.24) is 4.90 Å². The molecule has 2 aromatic carbocycles. The van der Waals surface area contributed by atoms with Crippen LogP contribution in [0.25, 0.3) is 0 Å². The molecule has 2 aromatic rings. The summed E-state index contributed by atoms with van der Waals surface area (Å²) in [5.74, 6) is -0.0371. The zero-order valence-corrected chi connectivity index (χ0v) is 16.8. The standard InChI is InChI=1S/C20H21Cl3N2O/c1-13-7-8-15(10-19(13)23)24-20(26)14-4-3-9-25(11-14)12-16-17(21)5-2-6-18(16)22/h2,5-8,10,14H,3-4,9,11-12H2,1H3,(H,24,26)/t14-/m1/s1. The third-order valence-electron chi connectivity index (χ3n) is 4.76. The Balaban J connectivity index is 1.64. The molecule has 0 bridgehead atoms. The maximum atomic E-state index is 12.7. The zero-order valence-electron chi connectivity index (χ0n) is 14.6. The maximum absolute atomic E-state index is 12.7. The first-order chi connectivity index (χ1) is 12.4.